The molecule has 2 rings (SSSR count). The van der Waals surface area contributed by atoms with Crippen LogP contribution in [0.1, 0.15) is 10.4 Å². The Balaban J connectivity index is 2.36. The summed E-state index contributed by atoms with van der Waals surface area (Å²) in [4.78, 5) is 21.9. The fourth-order valence-electron chi connectivity index (χ4n) is 1.35. The van der Waals surface area contributed by atoms with E-state index in [1.54, 1.807) is 18.2 Å². The number of aromatic nitrogens is 2. The fraction of sp³-hybridized carbons (Fsp3) is 0. The number of aromatic amines is 1. The summed E-state index contributed by atoms with van der Waals surface area (Å²) in [7, 11) is 0. The summed E-state index contributed by atoms with van der Waals surface area (Å²) in [6, 6.07) is 7.47. The third-order valence-corrected chi connectivity index (χ3v) is 2.20. The number of aromatic carboxylic acids is 1. The van der Waals surface area contributed by atoms with Crippen molar-refractivity contribution >= 4 is 17.5 Å². The predicted octanol–water partition coefficient (Wildman–Crippen LogP) is 0.917. The normalized spacial score (nSPS) is 10.0. The Morgan fingerprint density at radius 2 is 2.06 bits per heavy atom. The molecule has 18 heavy (non-hydrogen) atoms. The zero-order valence-corrected chi connectivity index (χ0v) is 9.04. The Hall–Kier alpha value is -2.83. The molecular formula is C11H9N3O4. The van der Waals surface area contributed by atoms with Gasteiger partial charge in [0.1, 0.15) is 11.3 Å². The summed E-state index contributed by atoms with van der Waals surface area (Å²) in [5, 5.41) is 26.7. The number of phenols is 1. The number of carbonyl (C=O) groups is 1. The molecule has 0 bridgehead atoms. The molecule has 92 valence electrons. The highest BCUT2D eigenvalue weighted by Gasteiger charge is 2.11. The van der Waals surface area contributed by atoms with Gasteiger partial charge in [-0.05, 0) is 12.1 Å². The molecule has 0 atom stereocenters. The molecule has 1 aromatic carbocycles. The average molecular weight is 247 g/mol. The molecule has 0 aliphatic rings. The van der Waals surface area contributed by atoms with Crippen molar-refractivity contribution in [1.29, 1.82) is 0 Å². The van der Waals surface area contributed by atoms with Gasteiger partial charge in [-0.25, -0.2) is 9.89 Å². The first-order valence-electron chi connectivity index (χ1n) is 4.96. The van der Waals surface area contributed by atoms with Crippen LogP contribution in [-0.4, -0.2) is 26.4 Å². The van der Waals surface area contributed by atoms with Crippen LogP contribution in [0.5, 0.6) is 5.75 Å². The van der Waals surface area contributed by atoms with Crippen molar-refractivity contribution in [2.24, 2.45) is 0 Å². The van der Waals surface area contributed by atoms with Crippen molar-refractivity contribution in [2.45, 2.75) is 0 Å². The highest BCUT2D eigenvalue weighted by molar-refractivity contribution is 5.88. The van der Waals surface area contributed by atoms with Gasteiger partial charge in [0.25, 0.3) is 5.56 Å². The van der Waals surface area contributed by atoms with Gasteiger partial charge in [0.2, 0.25) is 0 Å². The van der Waals surface area contributed by atoms with Gasteiger partial charge in [-0.2, -0.15) is 5.10 Å². The van der Waals surface area contributed by atoms with Crippen LogP contribution in [0.3, 0.4) is 0 Å². The van der Waals surface area contributed by atoms with Gasteiger partial charge >= 0.3 is 5.97 Å². The monoisotopic (exact) mass is 247 g/mol. The van der Waals surface area contributed by atoms with E-state index in [-0.39, 0.29) is 11.6 Å². The Bertz CT molecular complexity index is 651. The van der Waals surface area contributed by atoms with Crippen LogP contribution in [-0.2, 0) is 0 Å². The van der Waals surface area contributed by atoms with E-state index in [4.69, 9.17) is 5.11 Å². The van der Waals surface area contributed by atoms with E-state index in [0.717, 1.165) is 6.07 Å². The molecular weight excluding hydrogens is 238 g/mol. The first kappa shape index (κ1) is 11.6. The second-order valence-electron chi connectivity index (χ2n) is 3.44. The number of nitrogens with one attached hydrogen (secondary N) is 2. The maximum absolute atomic E-state index is 11.2. The van der Waals surface area contributed by atoms with Gasteiger partial charge in [0.15, 0.2) is 5.82 Å². The average Bonchev–Trinajstić information content (AvgIpc) is 2.34. The fourth-order valence-corrected chi connectivity index (χ4v) is 1.35. The van der Waals surface area contributed by atoms with Crippen LogP contribution in [0.25, 0.3) is 0 Å². The van der Waals surface area contributed by atoms with Gasteiger partial charge in [0, 0.05) is 6.07 Å². The number of benzene rings is 1. The summed E-state index contributed by atoms with van der Waals surface area (Å²) >= 11 is 0. The van der Waals surface area contributed by atoms with E-state index < -0.39 is 17.1 Å². The summed E-state index contributed by atoms with van der Waals surface area (Å²) in [5.41, 5.74) is -0.860. The third kappa shape index (κ3) is 2.29. The molecule has 0 fully saturated rings. The zero-order chi connectivity index (χ0) is 13.1. The van der Waals surface area contributed by atoms with Gasteiger partial charge in [-0.15, -0.1) is 0 Å². The highest BCUT2D eigenvalue weighted by atomic mass is 16.4. The molecule has 0 amide bonds. The second kappa shape index (κ2) is 4.58. The number of hydrogen-bond donors (Lipinski definition) is 4. The molecule has 7 nitrogen and oxygen atoms in total. The molecule has 2 aromatic rings. The minimum absolute atomic E-state index is 0.0117. The lowest BCUT2D eigenvalue weighted by Gasteiger charge is -2.06. The van der Waals surface area contributed by atoms with E-state index in [0.29, 0.717) is 5.69 Å². The van der Waals surface area contributed by atoms with E-state index in [9.17, 15) is 14.7 Å². The van der Waals surface area contributed by atoms with Crippen molar-refractivity contribution in [1.82, 2.24) is 10.2 Å². The molecule has 4 N–H and O–H groups in total. The van der Waals surface area contributed by atoms with Crippen LogP contribution in [0.2, 0.25) is 0 Å². The highest BCUT2D eigenvalue weighted by Crippen LogP contribution is 2.24. The lowest BCUT2D eigenvalue weighted by Crippen LogP contribution is -2.19. The number of rotatable bonds is 3. The van der Waals surface area contributed by atoms with Crippen molar-refractivity contribution < 1.29 is 15.0 Å². The van der Waals surface area contributed by atoms with Gasteiger partial charge in [0.05, 0.1) is 5.69 Å². The summed E-state index contributed by atoms with van der Waals surface area (Å²) in [5.74, 6) is -1.24. The molecule has 0 aliphatic carbocycles. The predicted molar refractivity (Wildman–Crippen MR) is 63.2 cm³/mol. The van der Waals surface area contributed by atoms with Crippen molar-refractivity contribution in [2.75, 3.05) is 5.32 Å². The molecule has 1 aromatic heterocycles. The lowest BCUT2D eigenvalue weighted by molar-refractivity contribution is 0.0694. The van der Waals surface area contributed by atoms with E-state index in [1.807, 2.05) is 0 Å². The number of carboxylic acids is 1. The molecule has 0 aliphatic heterocycles. The summed E-state index contributed by atoms with van der Waals surface area (Å²) in [6.07, 6.45) is 0. The van der Waals surface area contributed by atoms with Crippen molar-refractivity contribution in [3.8, 4) is 5.75 Å². The zero-order valence-electron chi connectivity index (χ0n) is 9.04. The Morgan fingerprint density at radius 3 is 2.72 bits per heavy atom. The summed E-state index contributed by atoms with van der Waals surface area (Å²) in [6.45, 7) is 0. The van der Waals surface area contributed by atoms with Gasteiger partial charge in [-0.3, -0.25) is 4.79 Å². The molecule has 0 unspecified atom stereocenters. The van der Waals surface area contributed by atoms with Crippen molar-refractivity contribution in [3.63, 3.8) is 0 Å². The minimum atomic E-state index is -1.35. The number of H-pyrrole nitrogens is 1. The molecule has 0 radical (unpaired) electrons. The number of para-hydroxylation sites is 2. The number of phenolic OH excluding ortho intramolecular Hbond substituents is 1. The molecule has 0 saturated carbocycles. The minimum Gasteiger partial charge on any atom is -0.506 e. The lowest BCUT2D eigenvalue weighted by atomic mass is 10.2. The van der Waals surface area contributed by atoms with Crippen molar-refractivity contribution in [3.05, 3.63) is 46.2 Å². The third-order valence-electron chi connectivity index (χ3n) is 2.20. The summed E-state index contributed by atoms with van der Waals surface area (Å²) < 4.78 is 0. The standard InChI is InChI=1S/C11H9N3O4/c15-8-4-2-1-3-7(8)12-9-5-6(11(17)18)10(16)14-13-9/h1-5,15H,(H,12,13)(H,14,16)(H,17,18). The molecule has 0 saturated heterocycles. The topological polar surface area (TPSA) is 115 Å². The SMILES string of the molecule is O=C(O)c1cc(Nc2ccccc2O)n[nH]c1=O. The number of hydrogen-bond acceptors (Lipinski definition) is 5. The van der Waals surface area contributed by atoms with E-state index in [2.05, 4.69) is 15.5 Å². The Kier molecular flexibility index (Phi) is 2.96. The second-order valence-corrected chi connectivity index (χ2v) is 3.44. The van der Waals surface area contributed by atoms with E-state index >= 15 is 0 Å². The van der Waals surface area contributed by atoms with E-state index in [1.165, 1.54) is 6.07 Å². The quantitative estimate of drug-likeness (QED) is 0.599. The number of nitrogens with zero attached hydrogens (tertiary/aromatic N) is 1. The molecule has 7 heteroatoms. The van der Waals surface area contributed by atoms with Crippen LogP contribution in [0.4, 0.5) is 11.5 Å². The maximum Gasteiger partial charge on any atom is 0.341 e. The Morgan fingerprint density at radius 1 is 1.33 bits per heavy atom. The Labute approximate surface area is 101 Å². The first-order chi connectivity index (χ1) is 8.58. The van der Waals surface area contributed by atoms with Crippen LogP contribution < -0.4 is 10.9 Å². The van der Waals surface area contributed by atoms with Crippen LogP contribution in [0.15, 0.2) is 35.1 Å². The number of anilines is 2. The largest absolute Gasteiger partial charge is 0.506 e. The van der Waals surface area contributed by atoms with Crippen LogP contribution in [0, 0.1) is 0 Å². The van der Waals surface area contributed by atoms with Gasteiger partial charge < -0.3 is 15.5 Å². The van der Waals surface area contributed by atoms with Gasteiger partial charge in [-0.1, -0.05) is 12.1 Å². The van der Waals surface area contributed by atoms with Crippen LogP contribution >= 0.6 is 0 Å². The first-order valence-corrected chi connectivity index (χ1v) is 4.96. The smallest absolute Gasteiger partial charge is 0.341 e. The molecule has 0 spiro atoms. The number of aromatic hydroxyl groups is 1. The maximum atomic E-state index is 11.2. The molecule has 1 heterocycles. The number of carboxylic acid groups (broad SMARTS) is 1.